The molecule has 0 aromatic rings. The molecular formula is C14H23NO5. The second-order valence-corrected chi connectivity index (χ2v) is 6.03. The highest BCUT2D eigenvalue weighted by Crippen LogP contribution is 2.44. The summed E-state index contributed by atoms with van der Waals surface area (Å²) in [5.74, 6) is -2.36. The molecule has 0 spiro atoms. The third-order valence-electron chi connectivity index (χ3n) is 3.75. The average Bonchev–Trinajstić information content (AvgIpc) is 2.74. The highest BCUT2D eigenvalue weighted by Gasteiger charge is 2.44. The molecule has 0 aromatic carbocycles. The lowest BCUT2D eigenvalue weighted by atomic mass is 9.77. The van der Waals surface area contributed by atoms with Crippen molar-refractivity contribution in [2.24, 2.45) is 11.3 Å². The molecule has 0 unspecified atom stereocenters. The van der Waals surface area contributed by atoms with Crippen molar-refractivity contribution in [3.63, 3.8) is 0 Å². The van der Waals surface area contributed by atoms with Gasteiger partial charge in [-0.15, -0.1) is 0 Å². The van der Waals surface area contributed by atoms with E-state index in [-0.39, 0.29) is 5.91 Å². The van der Waals surface area contributed by atoms with Gasteiger partial charge in [0.15, 0.2) is 0 Å². The molecule has 0 radical (unpaired) electrons. The summed E-state index contributed by atoms with van der Waals surface area (Å²) in [4.78, 5) is 35.3. The Hall–Kier alpha value is -1.59. The highest BCUT2D eigenvalue weighted by molar-refractivity contribution is 5.89. The number of aliphatic carboxylic acids is 2. The quantitative estimate of drug-likeness (QED) is 0.740. The molecule has 1 aliphatic carbocycles. The fraction of sp³-hybridized carbons (Fsp3) is 0.786. The average molecular weight is 285 g/mol. The van der Waals surface area contributed by atoms with Crippen LogP contribution in [-0.4, -0.2) is 46.0 Å². The Morgan fingerprint density at radius 1 is 1.05 bits per heavy atom. The highest BCUT2D eigenvalue weighted by atomic mass is 16.4. The van der Waals surface area contributed by atoms with E-state index in [4.69, 9.17) is 10.2 Å². The maximum atomic E-state index is 12.7. The van der Waals surface area contributed by atoms with Crippen LogP contribution in [0.4, 0.5) is 0 Å². The van der Waals surface area contributed by atoms with Crippen LogP contribution in [-0.2, 0) is 14.4 Å². The molecule has 0 bridgehead atoms. The molecule has 0 aliphatic heterocycles. The van der Waals surface area contributed by atoms with Gasteiger partial charge < -0.3 is 15.1 Å². The van der Waals surface area contributed by atoms with Crippen LogP contribution in [0.2, 0.25) is 0 Å². The van der Waals surface area contributed by atoms with E-state index in [1.165, 1.54) is 0 Å². The zero-order chi connectivity index (χ0) is 15.3. The summed E-state index contributed by atoms with van der Waals surface area (Å²) >= 11 is 0. The van der Waals surface area contributed by atoms with Gasteiger partial charge in [0.1, 0.15) is 13.1 Å². The molecular weight excluding hydrogens is 262 g/mol. The third-order valence-corrected chi connectivity index (χ3v) is 3.75. The van der Waals surface area contributed by atoms with E-state index in [2.05, 4.69) is 0 Å². The van der Waals surface area contributed by atoms with Crippen LogP contribution in [0.25, 0.3) is 0 Å². The lowest BCUT2D eigenvalue weighted by Gasteiger charge is -2.34. The monoisotopic (exact) mass is 285 g/mol. The minimum absolute atomic E-state index is 0.312. The molecule has 0 heterocycles. The number of nitrogens with zero attached hydrogens (tertiary/aromatic N) is 1. The first-order chi connectivity index (χ1) is 9.27. The Bertz CT molecular complexity index is 369. The molecule has 2 N–H and O–H groups in total. The molecule has 6 nitrogen and oxygen atoms in total. The molecule has 6 heteroatoms. The molecule has 1 aliphatic rings. The lowest BCUT2D eigenvalue weighted by molar-refractivity contribution is -0.155. The van der Waals surface area contributed by atoms with E-state index < -0.39 is 30.4 Å². The number of rotatable bonds is 7. The largest absolute Gasteiger partial charge is 0.480 e. The smallest absolute Gasteiger partial charge is 0.323 e. The topological polar surface area (TPSA) is 94.9 Å². The second-order valence-electron chi connectivity index (χ2n) is 6.03. The maximum Gasteiger partial charge on any atom is 0.323 e. The SMILES string of the molecule is CC(C)CC1(C(=O)N(CC(=O)O)CC(=O)O)CCCC1. The Morgan fingerprint density at radius 3 is 1.85 bits per heavy atom. The van der Waals surface area contributed by atoms with Gasteiger partial charge >= 0.3 is 11.9 Å². The van der Waals surface area contributed by atoms with E-state index in [1.54, 1.807) is 0 Å². The van der Waals surface area contributed by atoms with Gasteiger partial charge in [0.2, 0.25) is 5.91 Å². The number of amides is 1. The van der Waals surface area contributed by atoms with Crippen LogP contribution in [0.15, 0.2) is 0 Å². The molecule has 1 fully saturated rings. The van der Waals surface area contributed by atoms with Gasteiger partial charge in [0.05, 0.1) is 0 Å². The molecule has 1 rings (SSSR count). The fourth-order valence-corrected chi connectivity index (χ4v) is 3.20. The Kier molecular flexibility index (Phi) is 5.53. The Morgan fingerprint density at radius 2 is 1.50 bits per heavy atom. The van der Waals surface area contributed by atoms with Gasteiger partial charge in [-0.25, -0.2) is 0 Å². The number of carbonyl (C=O) groups excluding carboxylic acids is 1. The Labute approximate surface area is 118 Å². The normalized spacial score (nSPS) is 17.1. The molecule has 1 amide bonds. The van der Waals surface area contributed by atoms with Gasteiger partial charge in [-0.2, -0.15) is 0 Å². The van der Waals surface area contributed by atoms with Gasteiger partial charge in [-0.05, 0) is 25.2 Å². The molecule has 0 aromatic heterocycles. The van der Waals surface area contributed by atoms with Crippen molar-refractivity contribution in [1.29, 1.82) is 0 Å². The maximum absolute atomic E-state index is 12.7. The zero-order valence-electron chi connectivity index (χ0n) is 12.1. The third kappa shape index (κ3) is 4.21. The minimum Gasteiger partial charge on any atom is -0.480 e. The van der Waals surface area contributed by atoms with E-state index in [0.717, 1.165) is 30.6 Å². The predicted molar refractivity (Wildman–Crippen MR) is 72.2 cm³/mol. The molecule has 0 saturated heterocycles. The van der Waals surface area contributed by atoms with E-state index in [9.17, 15) is 14.4 Å². The summed E-state index contributed by atoms with van der Waals surface area (Å²) in [5, 5.41) is 17.7. The van der Waals surface area contributed by atoms with Crippen molar-refractivity contribution < 1.29 is 24.6 Å². The van der Waals surface area contributed by atoms with Crippen molar-refractivity contribution in [2.45, 2.75) is 46.0 Å². The lowest BCUT2D eigenvalue weighted by Crippen LogP contribution is -2.47. The zero-order valence-corrected chi connectivity index (χ0v) is 12.1. The van der Waals surface area contributed by atoms with Gasteiger partial charge in [0, 0.05) is 5.41 Å². The predicted octanol–water partition coefficient (Wildman–Crippen LogP) is 1.59. The van der Waals surface area contributed by atoms with Crippen molar-refractivity contribution in [1.82, 2.24) is 4.90 Å². The van der Waals surface area contributed by atoms with E-state index in [0.29, 0.717) is 12.3 Å². The molecule has 0 atom stereocenters. The minimum atomic E-state index is -1.18. The van der Waals surface area contributed by atoms with Crippen LogP contribution < -0.4 is 0 Å². The number of carboxylic acids is 2. The van der Waals surface area contributed by atoms with Crippen LogP contribution in [0.3, 0.4) is 0 Å². The van der Waals surface area contributed by atoms with Crippen molar-refractivity contribution in [3.05, 3.63) is 0 Å². The molecule has 114 valence electrons. The number of carboxylic acid groups (broad SMARTS) is 2. The summed E-state index contributed by atoms with van der Waals surface area (Å²) in [5.41, 5.74) is -0.570. The van der Waals surface area contributed by atoms with Crippen LogP contribution in [0.5, 0.6) is 0 Å². The fourth-order valence-electron chi connectivity index (χ4n) is 3.20. The first-order valence-corrected chi connectivity index (χ1v) is 7.00. The standard InChI is InChI=1S/C14H23NO5/c1-10(2)7-14(5-3-4-6-14)13(20)15(8-11(16)17)9-12(18)19/h10H,3-9H2,1-2H3,(H,16,17)(H,18,19). The summed E-state index contributed by atoms with van der Waals surface area (Å²) in [7, 11) is 0. The van der Waals surface area contributed by atoms with Gasteiger partial charge in [-0.3, -0.25) is 14.4 Å². The number of carbonyl (C=O) groups is 3. The van der Waals surface area contributed by atoms with Crippen LogP contribution in [0, 0.1) is 11.3 Å². The Balaban J connectivity index is 2.93. The van der Waals surface area contributed by atoms with Crippen LogP contribution in [0.1, 0.15) is 46.0 Å². The number of hydrogen-bond donors (Lipinski definition) is 2. The summed E-state index contributed by atoms with van der Waals surface area (Å²) in [6, 6.07) is 0. The number of hydrogen-bond acceptors (Lipinski definition) is 3. The van der Waals surface area contributed by atoms with Crippen LogP contribution >= 0.6 is 0 Å². The van der Waals surface area contributed by atoms with Gasteiger partial charge in [0.25, 0.3) is 0 Å². The first kappa shape index (κ1) is 16.5. The second kappa shape index (κ2) is 6.72. The summed E-state index contributed by atoms with van der Waals surface area (Å²) in [6.45, 7) is 2.94. The van der Waals surface area contributed by atoms with E-state index >= 15 is 0 Å². The van der Waals surface area contributed by atoms with Crippen molar-refractivity contribution >= 4 is 17.8 Å². The molecule has 1 saturated carbocycles. The van der Waals surface area contributed by atoms with Crippen molar-refractivity contribution in [2.75, 3.05) is 13.1 Å². The summed E-state index contributed by atoms with van der Waals surface area (Å²) < 4.78 is 0. The first-order valence-electron chi connectivity index (χ1n) is 7.00. The van der Waals surface area contributed by atoms with E-state index in [1.807, 2.05) is 13.8 Å². The molecule has 20 heavy (non-hydrogen) atoms. The van der Waals surface area contributed by atoms with Gasteiger partial charge in [-0.1, -0.05) is 26.7 Å². The summed E-state index contributed by atoms with van der Waals surface area (Å²) in [6.07, 6.45) is 4.00. The van der Waals surface area contributed by atoms with Crippen molar-refractivity contribution in [3.8, 4) is 0 Å².